The van der Waals surface area contributed by atoms with Gasteiger partial charge in [-0.1, -0.05) is 6.92 Å². The third kappa shape index (κ3) is 4.94. The van der Waals surface area contributed by atoms with E-state index in [1.54, 1.807) is 0 Å². The average molecular weight is 201 g/mol. The summed E-state index contributed by atoms with van der Waals surface area (Å²) >= 11 is 0. The van der Waals surface area contributed by atoms with Gasteiger partial charge in [-0.3, -0.25) is 4.90 Å². The molecule has 0 radical (unpaired) electrons. The zero-order valence-corrected chi connectivity index (χ0v) is 10.4. The highest BCUT2D eigenvalue weighted by Crippen LogP contribution is 2.18. The van der Waals surface area contributed by atoms with Crippen LogP contribution in [0.5, 0.6) is 0 Å². The van der Waals surface area contributed by atoms with Crippen molar-refractivity contribution in [3.05, 3.63) is 0 Å². The van der Waals surface area contributed by atoms with Gasteiger partial charge in [-0.2, -0.15) is 0 Å². The monoisotopic (exact) mass is 201 g/mol. The van der Waals surface area contributed by atoms with Gasteiger partial charge in [-0.25, -0.2) is 0 Å². The molecule has 0 spiro atoms. The molecule has 0 aromatic heterocycles. The largest absolute Gasteiger partial charge is 0.327 e. The van der Waals surface area contributed by atoms with Crippen LogP contribution in [0.25, 0.3) is 0 Å². The maximum Gasteiger partial charge on any atom is 0.0151 e. The van der Waals surface area contributed by atoms with Crippen LogP contribution < -0.4 is 11.5 Å². The summed E-state index contributed by atoms with van der Waals surface area (Å²) in [5.41, 5.74) is 11.9. The number of hydrogen-bond acceptors (Lipinski definition) is 3. The predicted molar refractivity (Wildman–Crippen MR) is 63.2 cm³/mol. The molecule has 0 heterocycles. The lowest BCUT2D eigenvalue weighted by molar-refractivity contribution is 0.104. The van der Waals surface area contributed by atoms with Crippen LogP contribution in [0.2, 0.25) is 0 Å². The number of nitrogens with two attached hydrogens (primary N) is 2. The van der Waals surface area contributed by atoms with Gasteiger partial charge in [0.05, 0.1) is 0 Å². The number of nitrogens with zero attached hydrogens (tertiary/aromatic N) is 1. The van der Waals surface area contributed by atoms with Crippen molar-refractivity contribution >= 4 is 0 Å². The second-order valence-electron chi connectivity index (χ2n) is 5.03. The third-order valence-electron chi connectivity index (χ3n) is 2.74. The smallest absolute Gasteiger partial charge is 0.0151 e. The van der Waals surface area contributed by atoms with Crippen LogP contribution in [0.4, 0.5) is 0 Å². The number of rotatable bonds is 6. The molecular formula is C11H27N3. The summed E-state index contributed by atoms with van der Waals surface area (Å²) in [6.07, 6.45) is 1.12. The van der Waals surface area contributed by atoms with Crippen molar-refractivity contribution in [3.8, 4) is 0 Å². The molecule has 0 fully saturated rings. The molecule has 0 aliphatic heterocycles. The van der Waals surface area contributed by atoms with Crippen molar-refractivity contribution in [2.75, 3.05) is 13.1 Å². The quantitative estimate of drug-likeness (QED) is 0.678. The fourth-order valence-electron chi connectivity index (χ4n) is 1.49. The van der Waals surface area contributed by atoms with Crippen molar-refractivity contribution < 1.29 is 0 Å². The van der Waals surface area contributed by atoms with E-state index >= 15 is 0 Å². The molecule has 0 aromatic rings. The molecule has 2 unspecified atom stereocenters. The molecule has 0 aromatic carbocycles. The molecule has 0 saturated heterocycles. The molecular weight excluding hydrogens is 174 g/mol. The Morgan fingerprint density at radius 1 is 1.07 bits per heavy atom. The molecule has 3 nitrogen and oxygen atoms in total. The molecule has 2 atom stereocenters. The minimum absolute atomic E-state index is 0.196. The Kier molecular flexibility index (Phi) is 5.64. The van der Waals surface area contributed by atoms with E-state index in [-0.39, 0.29) is 17.6 Å². The summed E-state index contributed by atoms with van der Waals surface area (Å²) in [4.78, 5) is 2.39. The highest BCUT2D eigenvalue weighted by atomic mass is 15.2. The van der Waals surface area contributed by atoms with E-state index in [1.165, 1.54) is 0 Å². The predicted octanol–water partition coefficient (Wildman–Crippen LogP) is 1.17. The van der Waals surface area contributed by atoms with Gasteiger partial charge in [-0.15, -0.1) is 0 Å². The van der Waals surface area contributed by atoms with Crippen molar-refractivity contribution in [1.29, 1.82) is 0 Å². The van der Waals surface area contributed by atoms with Crippen molar-refractivity contribution in [2.45, 2.75) is 58.7 Å². The van der Waals surface area contributed by atoms with Crippen LogP contribution in [-0.2, 0) is 0 Å². The Hall–Kier alpha value is -0.120. The van der Waals surface area contributed by atoms with E-state index in [0.29, 0.717) is 0 Å². The van der Waals surface area contributed by atoms with Crippen LogP contribution in [0.3, 0.4) is 0 Å². The summed E-state index contributed by atoms with van der Waals surface area (Å²) in [6.45, 7) is 12.6. The average Bonchev–Trinajstić information content (AvgIpc) is 2.01. The second kappa shape index (κ2) is 5.69. The van der Waals surface area contributed by atoms with Gasteiger partial charge in [0, 0.05) is 30.7 Å². The maximum absolute atomic E-state index is 5.84. The summed E-state index contributed by atoms with van der Waals surface area (Å²) in [6, 6.07) is 0.416. The zero-order chi connectivity index (χ0) is 11.4. The topological polar surface area (TPSA) is 55.3 Å². The highest BCUT2D eigenvalue weighted by molar-refractivity contribution is 4.83. The fourth-order valence-corrected chi connectivity index (χ4v) is 1.49. The first kappa shape index (κ1) is 13.9. The standard InChI is InChI=1S/C11H27N3/c1-6-11(4,5)14(7-9(2)12)8-10(3)13/h9-10H,6-8,12-13H2,1-5H3. The van der Waals surface area contributed by atoms with Crippen molar-refractivity contribution in [2.24, 2.45) is 11.5 Å². The minimum Gasteiger partial charge on any atom is -0.327 e. The minimum atomic E-state index is 0.196. The van der Waals surface area contributed by atoms with Crippen LogP contribution >= 0.6 is 0 Å². The summed E-state index contributed by atoms with van der Waals surface area (Å²) in [5, 5.41) is 0. The first-order valence-corrected chi connectivity index (χ1v) is 5.55. The van der Waals surface area contributed by atoms with E-state index in [0.717, 1.165) is 19.5 Å². The lowest BCUT2D eigenvalue weighted by Crippen LogP contribution is -2.52. The molecule has 0 bridgehead atoms. The second-order valence-corrected chi connectivity index (χ2v) is 5.03. The van der Waals surface area contributed by atoms with Gasteiger partial charge in [0.15, 0.2) is 0 Å². The van der Waals surface area contributed by atoms with Gasteiger partial charge in [0.2, 0.25) is 0 Å². The van der Waals surface area contributed by atoms with Gasteiger partial charge < -0.3 is 11.5 Å². The lowest BCUT2D eigenvalue weighted by atomic mass is 9.98. The normalized spacial score (nSPS) is 17.1. The van der Waals surface area contributed by atoms with Gasteiger partial charge in [-0.05, 0) is 34.1 Å². The Labute approximate surface area is 88.8 Å². The van der Waals surface area contributed by atoms with E-state index in [1.807, 2.05) is 13.8 Å². The summed E-state index contributed by atoms with van der Waals surface area (Å²) in [7, 11) is 0. The van der Waals surface area contributed by atoms with E-state index in [2.05, 4.69) is 25.7 Å². The van der Waals surface area contributed by atoms with Gasteiger partial charge in [0.1, 0.15) is 0 Å². The van der Waals surface area contributed by atoms with Crippen LogP contribution in [0.1, 0.15) is 41.0 Å². The van der Waals surface area contributed by atoms with E-state index in [9.17, 15) is 0 Å². The summed E-state index contributed by atoms with van der Waals surface area (Å²) in [5.74, 6) is 0. The Bertz CT molecular complexity index is 143. The lowest BCUT2D eigenvalue weighted by Gasteiger charge is -2.40. The van der Waals surface area contributed by atoms with Crippen LogP contribution in [0, 0.1) is 0 Å². The zero-order valence-electron chi connectivity index (χ0n) is 10.4. The van der Waals surface area contributed by atoms with Gasteiger partial charge in [0.25, 0.3) is 0 Å². The molecule has 14 heavy (non-hydrogen) atoms. The molecule has 86 valence electrons. The van der Waals surface area contributed by atoms with Gasteiger partial charge >= 0.3 is 0 Å². The molecule has 0 rings (SSSR count). The van der Waals surface area contributed by atoms with Crippen LogP contribution in [0.15, 0.2) is 0 Å². The van der Waals surface area contributed by atoms with E-state index in [4.69, 9.17) is 11.5 Å². The van der Waals surface area contributed by atoms with Crippen LogP contribution in [-0.4, -0.2) is 35.6 Å². The Morgan fingerprint density at radius 3 is 1.64 bits per heavy atom. The maximum atomic E-state index is 5.84. The summed E-state index contributed by atoms with van der Waals surface area (Å²) < 4.78 is 0. The fraction of sp³-hybridized carbons (Fsp3) is 1.00. The van der Waals surface area contributed by atoms with Crippen molar-refractivity contribution in [3.63, 3.8) is 0 Å². The molecule has 3 heteroatoms. The Morgan fingerprint density at radius 2 is 1.43 bits per heavy atom. The first-order valence-electron chi connectivity index (χ1n) is 5.55. The molecule has 0 saturated carbocycles. The molecule has 0 aliphatic carbocycles. The first-order chi connectivity index (χ1) is 6.29. The van der Waals surface area contributed by atoms with E-state index < -0.39 is 0 Å². The molecule has 0 aliphatic rings. The molecule has 0 amide bonds. The Balaban J connectivity index is 4.38. The van der Waals surface area contributed by atoms with Crippen molar-refractivity contribution in [1.82, 2.24) is 4.90 Å². The number of hydrogen-bond donors (Lipinski definition) is 2. The molecule has 4 N–H and O–H groups in total. The third-order valence-corrected chi connectivity index (χ3v) is 2.74. The highest BCUT2D eigenvalue weighted by Gasteiger charge is 2.25. The SMILES string of the molecule is CCC(C)(C)N(CC(C)N)CC(C)N.